The Bertz CT molecular complexity index is 641. The van der Waals surface area contributed by atoms with Crippen molar-refractivity contribution in [1.29, 1.82) is 0 Å². The summed E-state index contributed by atoms with van der Waals surface area (Å²) in [5.74, 6) is 2.40. The molecule has 0 N–H and O–H groups in total. The summed E-state index contributed by atoms with van der Waals surface area (Å²) in [6.07, 6.45) is 4.88. The Hall–Kier alpha value is -1.87. The van der Waals surface area contributed by atoms with E-state index in [0.717, 1.165) is 36.8 Å². The van der Waals surface area contributed by atoms with Crippen molar-refractivity contribution in [3.05, 3.63) is 48.3 Å². The van der Waals surface area contributed by atoms with Crippen LogP contribution in [-0.2, 0) is 0 Å². The number of likely N-dealkylation sites (tertiary alicyclic amines) is 1. The Kier molecular flexibility index (Phi) is 3.15. The maximum Gasteiger partial charge on any atom is 0.130 e. The molecule has 1 aromatic heterocycles. The quantitative estimate of drug-likeness (QED) is 0.802. The van der Waals surface area contributed by atoms with E-state index in [-0.39, 0.29) is 0 Å². The van der Waals surface area contributed by atoms with Gasteiger partial charge in [-0.25, -0.2) is 0 Å². The lowest BCUT2D eigenvalue weighted by Crippen LogP contribution is -2.15. The fourth-order valence-electron chi connectivity index (χ4n) is 3.80. The molecule has 0 aliphatic carbocycles. The number of benzene rings is 1. The van der Waals surface area contributed by atoms with E-state index in [9.17, 15) is 0 Å². The van der Waals surface area contributed by atoms with Gasteiger partial charge in [-0.1, -0.05) is 24.3 Å². The van der Waals surface area contributed by atoms with Crippen LogP contribution in [0.4, 0.5) is 0 Å². The van der Waals surface area contributed by atoms with Crippen molar-refractivity contribution in [2.24, 2.45) is 5.92 Å². The van der Waals surface area contributed by atoms with Gasteiger partial charge in [0.05, 0.1) is 6.61 Å². The zero-order chi connectivity index (χ0) is 14.2. The number of hydrogen-bond acceptors (Lipinski definition) is 3. The topological polar surface area (TPSA) is 25.4 Å². The number of aromatic nitrogens is 1. The van der Waals surface area contributed by atoms with Gasteiger partial charge < -0.3 is 9.64 Å². The molecule has 2 aliphatic rings. The molecule has 2 atom stereocenters. The van der Waals surface area contributed by atoms with Crippen molar-refractivity contribution in [3.63, 3.8) is 0 Å². The summed E-state index contributed by atoms with van der Waals surface area (Å²) in [6.45, 7) is 3.14. The van der Waals surface area contributed by atoms with Crippen molar-refractivity contribution in [2.75, 3.05) is 26.7 Å². The van der Waals surface area contributed by atoms with E-state index >= 15 is 0 Å². The second-order valence-electron chi connectivity index (χ2n) is 6.19. The largest absolute Gasteiger partial charge is 0.493 e. The van der Waals surface area contributed by atoms with E-state index in [4.69, 9.17) is 4.74 Å². The fraction of sp³-hybridized carbons (Fsp3) is 0.389. The van der Waals surface area contributed by atoms with Gasteiger partial charge in [0.2, 0.25) is 0 Å². The van der Waals surface area contributed by atoms with E-state index in [1.54, 1.807) is 0 Å². The predicted molar refractivity (Wildman–Crippen MR) is 83.5 cm³/mol. The molecule has 2 aliphatic heterocycles. The normalized spacial score (nSPS) is 24.8. The van der Waals surface area contributed by atoms with Gasteiger partial charge in [0.15, 0.2) is 0 Å². The van der Waals surface area contributed by atoms with Gasteiger partial charge in [0, 0.05) is 42.5 Å². The number of fused-ring (bicyclic) bond motifs is 3. The maximum absolute atomic E-state index is 6.16. The second-order valence-corrected chi connectivity index (χ2v) is 6.19. The van der Waals surface area contributed by atoms with Crippen LogP contribution in [0, 0.1) is 5.92 Å². The Balaban J connectivity index is 1.83. The van der Waals surface area contributed by atoms with Crippen LogP contribution in [0.25, 0.3) is 11.1 Å². The minimum atomic E-state index is 0.601. The Morgan fingerprint density at radius 3 is 3.00 bits per heavy atom. The molecule has 3 nitrogen and oxygen atoms in total. The minimum Gasteiger partial charge on any atom is -0.493 e. The zero-order valence-electron chi connectivity index (χ0n) is 12.3. The lowest BCUT2D eigenvalue weighted by atomic mass is 9.86. The zero-order valence-corrected chi connectivity index (χ0v) is 12.3. The molecule has 0 saturated carbocycles. The highest BCUT2D eigenvalue weighted by atomic mass is 16.5. The highest BCUT2D eigenvalue weighted by Gasteiger charge is 2.36. The molecule has 21 heavy (non-hydrogen) atoms. The number of hydrogen-bond donors (Lipinski definition) is 0. The van der Waals surface area contributed by atoms with E-state index < -0.39 is 0 Å². The average Bonchev–Trinajstić information content (AvgIpc) is 2.80. The van der Waals surface area contributed by atoms with Crippen molar-refractivity contribution in [3.8, 4) is 16.9 Å². The Morgan fingerprint density at radius 1 is 1.19 bits per heavy atom. The van der Waals surface area contributed by atoms with Gasteiger partial charge in [-0.2, -0.15) is 0 Å². The number of para-hydroxylation sites is 1. The molecule has 2 aromatic rings. The van der Waals surface area contributed by atoms with E-state index in [1.807, 2.05) is 18.5 Å². The summed E-state index contributed by atoms with van der Waals surface area (Å²) in [6, 6.07) is 10.6. The third-order valence-electron chi connectivity index (χ3n) is 4.78. The molecule has 108 valence electrons. The van der Waals surface area contributed by atoms with Crippen LogP contribution in [-0.4, -0.2) is 36.6 Å². The lowest BCUT2D eigenvalue weighted by molar-refractivity contribution is 0.287. The van der Waals surface area contributed by atoms with Crippen LogP contribution in [0.15, 0.2) is 42.7 Å². The molecule has 1 aromatic carbocycles. The molecule has 3 heterocycles. The van der Waals surface area contributed by atoms with Crippen LogP contribution in [0.1, 0.15) is 17.9 Å². The first-order chi connectivity index (χ1) is 10.3. The minimum absolute atomic E-state index is 0.601. The predicted octanol–water partition coefficient (Wildman–Crippen LogP) is 3.18. The Labute approximate surface area is 125 Å². The molecule has 4 rings (SSSR count). The molecule has 0 bridgehead atoms. The van der Waals surface area contributed by atoms with Crippen molar-refractivity contribution in [1.82, 2.24) is 9.88 Å². The summed E-state index contributed by atoms with van der Waals surface area (Å²) in [7, 11) is 2.22. The molecule has 3 heteroatoms. The van der Waals surface area contributed by atoms with Crippen LogP contribution >= 0.6 is 0 Å². The first-order valence-corrected chi connectivity index (χ1v) is 7.67. The number of rotatable bonds is 1. The molecular formula is C18H20N2O. The summed E-state index contributed by atoms with van der Waals surface area (Å²) in [4.78, 5) is 6.69. The van der Waals surface area contributed by atoms with Gasteiger partial charge in [-0.15, -0.1) is 0 Å². The van der Waals surface area contributed by atoms with Crippen LogP contribution < -0.4 is 4.74 Å². The summed E-state index contributed by atoms with van der Waals surface area (Å²) >= 11 is 0. The van der Waals surface area contributed by atoms with Gasteiger partial charge >= 0.3 is 0 Å². The highest BCUT2D eigenvalue weighted by molar-refractivity contribution is 5.72. The number of nitrogens with zero attached hydrogens (tertiary/aromatic N) is 2. The molecule has 2 unspecified atom stereocenters. The molecule has 0 amide bonds. The van der Waals surface area contributed by atoms with E-state index in [0.29, 0.717) is 5.92 Å². The van der Waals surface area contributed by atoms with Crippen molar-refractivity contribution >= 4 is 0 Å². The summed E-state index contributed by atoms with van der Waals surface area (Å²) in [5.41, 5.74) is 3.69. The van der Waals surface area contributed by atoms with E-state index in [2.05, 4.69) is 41.2 Å². The summed E-state index contributed by atoms with van der Waals surface area (Å²) < 4.78 is 6.16. The number of ether oxygens (including phenoxy) is 1. The highest BCUT2D eigenvalue weighted by Crippen LogP contribution is 2.44. The second kappa shape index (κ2) is 5.15. The molecule has 0 spiro atoms. The van der Waals surface area contributed by atoms with Crippen molar-refractivity contribution < 1.29 is 4.74 Å². The summed E-state index contributed by atoms with van der Waals surface area (Å²) in [5, 5.41) is 0. The van der Waals surface area contributed by atoms with Gasteiger partial charge in [-0.05, 0) is 31.0 Å². The first kappa shape index (κ1) is 12.8. The van der Waals surface area contributed by atoms with E-state index in [1.165, 1.54) is 17.7 Å². The van der Waals surface area contributed by atoms with Gasteiger partial charge in [-0.3, -0.25) is 4.98 Å². The number of pyridine rings is 1. The molecule has 0 radical (unpaired) electrons. The third-order valence-corrected chi connectivity index (χ3v) is 4.78. The van der Waals surface area contributed by atoms with Gasteiger partial charge in [0.1, 0.15) is 5.75 Å². The first-order valence-electron chi connectivity index (χ1n) is 7.67. The lowest BCUT2D eigenvalue weighted by Gasteiger charge is -2.18. The van der Waals surface area contributed by atoms with Crippen LogP contribution in [0.3, 0.4) is 0 Å². The molecule has 1 saturated heterocycles. The van der Waals surface area contributed by atoms with Crippen LogP contribution in [0.2, 0.25) is 0 Å². The van der Waals surface area contributed by atoms with Crippen molar-refractivity contribution in [2.45, 2.75) is 12.3 Å². The smallest absolute Gasteiger partial charge is 0.130 e. The average molecular weight is 280 g/mol. The molecular weight excluding hydrogens is 260 g/mol. The molecule has 1 fully saturated rings. The Morgan fingerprint density at radius 2 is 2.14 bits per heavy atom. The SMILES string of the molecule is CN1CC2CCOc3c(-c4cccnc4)cccc3C2C1. The standard InChI is InChI=1S/C18H20N2O/c1-20-11-14-7-9-21-18-15(13-4-3-8-19-10-13)5-2-6-16(18)17(14)12-20/h2-6,8,10,14,17H,7,9,11-12H2,1H3. The fourth-order valence-corrected chi connectivity index (χ4v) is 3.80. The van der Waals surface area contributed by atoms with Crippen LogP contribution in [0.5, 0.6) is 5.75 Å². The number of likely N-dealkylation sites (N-methyl/N-ethyl adjacent to an activating group) is 1. The monoisotopic (exact) mass is 280 g/mol. The maximum atomic E-state index is 6.16. The van der Waals surface area contributed by atoms with Gasteiger partial charge in [0.25, 0.3) is 0 Å². The third kappa shape index (κ3) is 2.22.